The topological polar surface area (TPSA) is 46.2 Å². The molecule has 4 aliphatic carbocycles. The second kappa shape index (κ2) is 5.87. The number of rotatable bonds is 4. The average molecular weight is 323 g/mol. The van der Waals surface area contributed by atoms with Crippen molar-refractivity contribution in [1.29, 1.82) is 0 Å². The molecule has 1 amide bonds. The number of allylic oxidation sites excluding steroid dienone is 1. The summed E-state index contributed by atoms with van der Waals surface area (Å²) in [6.07, 6.45) is 11.2. The number of nitrogens with one attached hydrogen (secondary N) is 1. The molecule has 0 radical (unpaired) electrons. The van der Waals surface area contributed by atoms with Crippen LogP contribution in [0.3, 0.4) is 0 Å². The van der Waals surface area contributed by atoms with Gasteiger partial charge in [0.25, 0.3) is 0 Å². The van der Waals surface area contributed by atoms with E-state index in [1.165, 1.54) is 26.2 Å². The molecule has 0 aromatic heterocycles. The summed E-state index contributed by atoms with van der Waals surface area (Å²) in [7, 11) is 0. The van der Waals surface area contributed by atoms with Crippen LogP contribution in [0.5, 0.6) is 0 Å². The van der Waals surface area contributed by atoms with Crippen LogP contribution in [0.2, 0.25) is 0 Å². The minimum atomic E-state index is -0.0738. The summed E-state index contributed by atoms with van der Waals surface area (Å²) < 4.78 is 0. The minimum absolute atomic E-state index is 0.0542. The Labute approximate surface area is 143 Å². The van der Waals surface area contributed by atoms with Gasteiger partial charge in [-0.2, -0.15) is 0 Å². The lowest BCUT2D eigenvalue weighted by Crippen LogP contribution is -2.49. The predicted octanol–water partition coefficient (Wildman–Crippen LogP) is 4.44. The minimum Gasteiger partial charge on any atom is -0.326 e. The number of ketones is 1. The number of benzene rings is 1. The quantitative estimate of drug-likeness (QED) is 0.832. The van der Waals surface area contributed by atoms with Crippen molar-refractivity contribution in [3.63, 3.8) is 0 Å². The van der Waals surface area contributed by atoms with Crippen LogP contribution in [0.25, 0.3) is 6.08 Å². The molecule has 4 fully saturated rings. The lowest BCUT2D eigenvalue weighted by molar-refractivity contribution is -0.138. The zero-order valence-electron chi connectivity index (χ0n) is 14.3. The van der Waals surface area contributed by atoms with Gasteiger partial charge in [-0.15, -0.1) is 0 Å². The number of anilines is 1. The van der Waals surface area contributed by atoms with Crippen LogP contribution in [-0.4, -0.2) is 11.7 Å². The van der Waals surface area contributed by atoms with E-state index in [4.69, 9.17) is 0 Å². The smallest absolute Gasteiger partial charge is 0.221 e. The average Bonchev–Trinajstić information content (AvgIpc) is 2.52. The highest BCUT2D eigenvalue weighted by Gasteiger charge is 2.53. The highest BCUT2D eigenvalue weighted by molar-refractivity contribution is 5.98. The first-order valence-electron chi connectivity index (χ1n) is 9.13. The zero-order valence-corrected chi connectivity index (χ0v) is 14.3. The SMILES string of the molecule is CC(=O)Nc1ccc(/C=C/C(=O)C23CC4CC(CC(C4)C2)C3)cc1. The highest BCUT2D eigenvalue weighted by atomic mass is 16.1. The summed E-state index contributed by atoms with van der Waals surface area (Å²) in [5, 5.41) is 2.76. The van der Waals surface area contributed by atoms with E-state index in [1.807, 2.05) is 30.3 Å². The van der Waals surface area contributed by atoms with E-state index in [1.54, 1.807) is 6.08 Å². The van der Waals surface area contributed by atoms with Crippen LogP contribution in [0.15, 0.2) is 30.3 Å². The van der Waals surface area contributed by atoms with Gasteiger partial charge in [-0.3, -0.25) is 9.59 Å². The Hall–Kier alpha value is -1.90. The molecule has 0 atom stereocenters. The fourth-order valence-electron chi connectivity index (χ4n) is 5.64. The van der Waals surface area contributed by atoms with Gasteiger partial charge in [0, 0.05) is 18.0 Å². The summed E-state index contributed by atoms with van der Waals surface area (Å²) in [6, 6.07) is 7.62. The molecule has 0 spiro atoms. The van der Waals surface area contributed by atoms with Gasteiger partial charge in [-0.25, -0.2) is 0 Å². The molecule has 126 valence electrons. The Morgan fingerprint density at radius 1 is 1.00 bits per heavy atom. The zero-order chi connectivity index (χ0) is 16.7. The second-order valence-corrected chi connectivity index (χ2v) is 8.20. The molecule has 4 saturated carbocycles. The first-order valence-corrected chi connectivity index (χ1v) is 9.13. The molecule has 1 aromatic rings. The number of amides is 1. The van der Waals surface area contributed by atoms with Crippen molar-refractivity contribution < 1.29 is 9.59 Å². The van der Waals surface area contributed by atoms with Crippen molar-refractivity contribution in [1.82, 2.24) is 0 Å². The molecular formula is C21H25NO2. The Morgan fingerprint density at radius 2 is 1.54 bits per heavy atom. The first-order chi connectivity index (χ1) is 11.5. The predicted molar refractivity (Wildman–Crippen MR) is 95.4 cm³/mol. The van der Waals surface area contributed by atoms with Crippen LogP contribution in [0.1, 0.15) is 51.0 Å². The maximum absolute atomic E-state index is 12.9. The molecule has 4 aliphatic rings. The van der Waals surface area contributed by atoms with Crippen molar-refractivity contribution in [2.45, 2.75) is 45.4 Å². The molecule has 3 heteroatoms. The number of hydrogen-bond acceptors (Lipinski definition) is 2. The Morgan fingerprint density at radius 3 is 2.04 bits per heavy atom. The normalized spacial score (nSPS) is 33.8. The lowest BCUT2D eigenvalue weighted by Gasteiger charge is -2.55. The van der Waals surface area contributed by atoms with Crippen molar-refractivity contribution >= 4 is 23.5 Å². The number of carbonyl (C=O) groups is 2. The molecule has 1 aromatic carbocycles. The summed E-state index contributed by atoms with van der Waals surface area (Å²) in [5.74, 6) is 2.66. The molecule has 3 nitrogen and oxygen atoms in total. The molecular weight excluding hydrogens is 298 g/mol. The van der Waals surface area contributed by atoms with Gasteiger partial charge in [0.05, 0.1) is 0 Å². The Kier molecular flexibility index (Phi) is 3.82. The van der Waals surface area contributed by atoms with Gasteiger partial charge in [-0.1, -0.05) is 18.2 Å². The molecule has 0 unspecified atom stereocenters. The van der Waals surface area contributed by atoms with Crippen LogP contribution in [0.4, 0.5) is 5.69 Å². The van der Waals surface area contributed by atoms with Gasteiger partial charge in [0.2, 0.25) is 5.91 Å². The molecule has 5 rings (SSSR count). The van der Waals surface area contributed by atoms with Gasteiger partial charge >= 0.3 is 0 Å². The third-order valence-electron chi connectivity index (χ3n) is 6.22. The lowest BCUT2D eigenvalue weighted by atomic mass is 9.48. The van der Waals surface area contributed by atoms with E-state index < -0.39 is 0 Å². The number of hydrogen-bond donors (Lipinski definition) is 1. The first kappa shape index (κ1) is 15.6. The molecule has 24 heavy (non-hydrogen) atoms. The summed E-state index contributed by atoms with van der Waals surface area (Å²) in [4.78, 5) is 24.0. The summed E-state index contributed by atoms with van der Waals surface area (Å²) in [5.41, 5.74) is 1.73. The Balaban J connectivity index is 1.46. The number of carbonyl (C=O) groups excluding carboxylic acids is 2. The standard InChI is InChI=1S/C21H25NO2/c1-14(23)22-19-5-2-15(3-6-19)4-7-20(24)21-11-16-8-17(12-21)10-18(9-16)13-21/h2-7,16-18H,8-13H2,1H3,(H,22,23)/b7-4+. The largest absolute Gasteiger partial charge is 0.326 e. The van der Waals surface area contributed by atoms with E-state index in [0.717, 1.165) is 48.3 Å². The van der Waals surface area contributed by atoms with Crippen LogP contribution >= 0.6 is 0 Å². The van der Waals surface area contributed by atoms with Crippen molar-refractivity contribution in [3.05, 3.63) is 35.9 Å². The van der Waals surface area contributed by atoms with Crippen LogP contribution in [-0.2, 0) is 9.59 Å². The fraction of sp³-hybridized carbons (Fsp3) is 0.524. The molecule has 0 heterocycles. The maximum atomic E-state index is 12.9. The summed E-state index contributed by atoms with van der Waals surface area (Å²) in [6.45, 7) is 1.50. The van der Waals surface area contributed by atoms with E-state index in [-0.39, 0.29) is 11.3 Å². The Bertz CT molecular complexity index is 651. The molecule has 1 N–H and O–H groups in total. The molecule has 4 bridgehead atoms. The second-order valence-electron chi connectivity index (χ2n) is 8.20. The van der Waals surface area contributed by atoms with Crippen LogP contribution in [0, 0.1) is 23.2 Å². The fourth-order valence-corrected chi connectivity index (χ4v) is 5.64. The van der Waals surface area contributed by atoms with Crippen molar-refractivity contribution in [3.8, 4) is 0 Å². The van der Waals surface area contributed by atoms with E-state index >= 15 is 0 Å². The van der Waals surface area contributed by atoms with E-state index in [9.17, 15) is 9.59 Å². The van der Waals surface area contributed by atoms with E-state index in [0.29, 0.717) is 5.78 Å². The third-order valence-corrected chi connectivity index (χ3v) is 6.22. The highest BCUT2D eigenvalue weighted by Crippen LogP contribution is 2.60. The van der Waals surface area contributed by atoms with Crippen molar-refractivity contribution in [2.75, 3.05) is 5.32 Å². The van der Waals surface area contributed by atoms with Gasteiger partial charge in [0.15, 0.2) is 5.78 Å². The third kappa shape index (κ3) is 2.92. The van der Waals surface area contributed by atoms with Gasteiger partial charge in [-0.05, 0) is 80.1 Å². The summed E-state index contributed by atoms with van der Waals surface area (Å²) >= 11 is 0. The van der Waals surface area contributed by atoms with Crippen LogP contribution < -0.4 is 5.32 Å². The van der Waals surface area contributed by atoms with Gasteiger partial charge in [0.1, 0.15) is 0 Å². The van der Waals surface area contributed by atoms with Gasteiger partial charge < -0.3 is 5.32 Å². The maximum Gasteiger partial charge on any atom is 0.221 e. The van der Waals surface area contributed by atoms with Crippen molar-refractivity contribution in [2.24, 2.45) is 23.2 Å². The van der Waals surface area contributed by atoms with E-state index in [2.05, 4.69) is 5.32 Å². The molecule has 0 saturated heterocycles. The molecule has 0 aliphatic heterocycles. The monoisotopic (exact) mass is 323 g/mol.